The molecule has 0 spiro atoms. The van der Waals surface area contributed by atoms with Crippen molar-refractivity contribution >= 4 is 17.2 Å². The Morgan fingerprint density at radius 3 is 1.85 bits per heavy atom. The van der Waals surface area contributed by atoms with E-state index in [1.165, 1.54) is 49.4 Å². The minimum atomic E-state index is -4.93. The number of halogens is 6. The molecule has 3 nitrogen and oxygen atoms in total. The first kappa shape index (κ1) is 25.8. The van der Waals surface area contributed by atoms with Crippen molar-refractivity contribution < 1.29 is 36.2 Å². The molecule has 0 radical (unpaired) electrons. The van der Waals surface area contributed by atoms with Gasteiger partial charge in [0.05, 0.1) is 11.1 Å². The molecule has 0 aromatic heterocycles. The molecule has 2 N–H and O–H groups in total. The zero-order valence-corrected chi connectivity index (χ0v) is 17.9. The molecule has 0 aliphatic heterocycles. The average Bonchev–Trinajstić information content (AvgIpc) is 2.71. The molecule has 2 rings (SSSR count). The molecule has 2 aromatic carbocycles. The van der Waals surface area contributed by atoms with Gasteiger partial charge in [0.25, 0.3) is 0 Å². The highest BCUT2D eigenvalue weighted by molar-refractivity contribution is 6.00. The van der Waals surface area contributed by atoms with E-state index < -0.39 is 29.4 Å². The molecule has 0 fully saturated rings. The lowest BCUT2D eigenvalue weighted by Gasteiger charge is -2.15. The van der Waals surface area contributed by atoms with Crippen LogP contribution >= 0.6 is 0 Å². The largest absolute Gasteiger partial charge is 0.508 e. The summed E-state index contributed by atoms with van der Waals surface area (Å²) in [6.45, 7) is 4.58. The molecule has 0 heterocycles. The summed E-state index contributed by atoms with van der Waals surface area (Å²) < 4.78 is 78.6. The third-order valence-electron chi connectivity index (χ3n) is 4.70. The number of rotatable bonds is 5. The van der Waals surface area contributed by atoms with Gasteiger partial charge < -0.3 is 10.4 Å². The number of carbonyl (C=O) groups is 1. The van der Waals surface area contributed by atoms with Crippen molar-refractivity contribution in [3.63, 3.8) is 0 Å². The van der Waals surface area contributed by atoms with Gasteiger partial charge in [-0.05, 0) is 85.5 Å². The SMILES string of the molecule is CC(/C=C/C(C)=C/C(=O)Nc1ccc(O)cc1)=C(\C)c1cc(C(F)(F)F)cc(C(F)(F)F)c1. The first-order valence-corrected chi connectivity index (χ1v) is 9.60. The Labute approximate surface area is 186 Å². The van der Waals surface area contributed by atoms with E-state index in [4.69, 9.17) is 0 Å². The number of phenolic OH excluding ortho intramolecular Hbond substituents is 1. The van der Waals surface area contributed by atoms with Crippen LogP contribution in [0, 0.1) is 0 Å². The van der Waals surface area contributed by atoms with Crippen LogP contribution in [0.4, 0.5) is 32.0 Å². The van der Waals surface area contributed by atoms with Gasteiger partial charge in [-0.15, -0.1) is 0 Å². The zero-order chi connectivity index (χ0) is 25.0. The lowest BCUT2D eigenvalue weighted by Crippen LogP contribution is -2.11. The molecule has 0 aliphatic carbocycles. The number of carbonyl (C=O) groups excluding carboxylic acids is 1. The monoisotopic (exact) mass is 469 g/mol. The van der Waals surface area contributed by atoms with Crippen molar-refractivity contribution in [1.82, 2.24) is 0 Å². The summed E-state index contributed by atoms with van der Waals surface area (Å²) in [6, 6.07) is 7.26. The van der Waals surface area contributed by atoms with Crippen LogP contribution in [0.25, 0.3) is 5.57 Å². The first-order valence-electron chi connectivity index (χ1n) is 9.60. The van der Waals surface area contributed by atoms with Crippen LogP contribution in [0.1, 0.15) is 37.5 Å². The molecule has 176 valence electrons. The Balaban J connectivity index is 2.27. The topological polar surface area (TPSA) is 49.3 Å². The molecular formula is C24H21F6NO2. The molecule has 2 aromatic rings. The maximum atomic E-state index is 13.1. The fourth-order valence-corrected chi connectivity index (χ4v) is 2.76. The number of phenols is 1. The number of hydrogen-bond acceptors (Lipinski definition) is 2. The van der Waals surface area contributed by atoms with Crippen LogP contribution in [0.3, 0.4) is 0 Å². The van der Waals surface area contributed by atoms with E-state index >= 15 is 0 Å². The Bertz CT molecular complexity index is 1080. The van der Waals surface area contributed by atoms with Gasteiger partial charge >= 0.3 is 12.4 Å². The van der Waals surface area contributed by atoms with Crippen molar-refractivity contribution in [3.05, 3.63) is 88.5 Å². The standard InChI is InChI=1S/C24H21F6NO2/c1-14(10-22(33)31-20-6-8-21(32)9-7-20)4-5-15(2)16(3)17-11-18(23(25,26)27)13-19(12-17)24(28,29)30/h4-13,32H,1-3H3,(H,31,33)/b5-4+,14-10+,16-15-. The minimum Gasteiger partial charge on any atom is -0.508 e. The zero-order valence-electron chi connectivity index (χ0n) is 17.9. The van der Waals surface area contributed by atoms with Crippen molar-refractivity contribution in [2.75, 3.05) is 5.32 Å². The summed E-state index contributed by atoms with van der Waals surface area (Å²) in [5.74, 6) is -0.405. The van der Waals surface area contributed by atoms with Crippen LogP contribution < -0.4 is 5.32 Å². The molecular weight excluding hydrogens is 448 g/mol. The maximum absolute atomic E-state index is 13.1. The predicted molar refractivity (Wildman–Crippen MR) is 114 cm³/mol. The smallest absolute Gasteiger partial charge is 0.416 e. The molecule has 0 saturated heterocycles. The predicted octanol–water partition coefficient (Wildman–Crippen LogP) is 7.36. The van der Waals surface area contributed by atoms with Gasteiger partial charge in [0.1, 0.15) is 5.75 Å². The average molecular weight is 469 g/mol. The van der Waals surface area contributed by atoms with E-state index in [1.54, 1.807) is 13.8 Å². The number of nitrogens with one attached hydrogen (secondary N) is 1. The molecule has 9 heteroatoms. The van der Waals surface area contributed by atoms with E-state index in [1.807, 2.05) is 0 Å². The summed E-state index contributed by atoms with van der Waals surface area (Å²) in [5.41, 5.74) is -1.36. The summed E-state index contributed by atoms with van der Waals surface area (Å²) in [6.07, 6.45) is -5.55. The number of anilines is 1. The lowest BCUT2D eigenvalue weighted by molar-refractivity contribution is -0.143. The summed E-state index contributed by atoms with van der Waals surface area (Å²) in [7, 11) is 0. The second-order valence-corrected chi connectivity index (χ2v) is 7.36. The van der Waals surface area contributed by atoms with Gasteiger partial charge in [-0.25, -0.2) is 0 Å². The van der Waals surface area contributed by atoms with Crippen LogP contribution in [0.5, 0.6) is 5.75 Å². The highest BCUT2D eigenvalue weighted by Gasteiger charge is 2.37. The van der Waals surface area contributed by atoms with Gasteiger partial charge in [-0.1, -0.05) is 12.2 Å². The highest BCUT2D eigenvalue weighted by atomic mass is 19.4. The van der Waals surface area contributed by atoms with Crippen LogP contribution in [-0.2, 0) is 17.1 Å². The van der Waals surface area contributed by atoms with Crippen molar-refractivity contribution in [2.45, 2.75) is 33.1 Å². The molecule has 33 heavy (non-hydrogen) atoms. The minimum absolute atomic E-state index is 0.0448. The van der Waals surface area contributed by atoms with Gasteiger partial charge in [0.2, 0.25) is 5.91 Å². The van der Waals surface area contributed by atoms with Gasteiger partial charge in [0.15, 0.2) is 0 Å². The number of hydrogen-bond donors (Lipinski definition) is 2. The number of allylic oxidation sites excluding steroid dienone is 5. The van der Waals surface area contributed by atoms with Crippen molar-refractivity contribution in [2.24, 2.45) is 0 Å². The fourth-order valence-electron chi connectivity index (χ4n) is 2.76. The molecule has 0 bridgehead atoms. The Hall–Kier alpha value is -3.49. The van der Waals surface area contributed by atoms with Crippen molar-refractivity contribution in [1.29, 1.82) is 0 Å². The number of aromatic hydroxyl groups is 1. The summed E-state index contributed by atoms with van der Waals surface area (Å²) in [5, 5.41) is 11.8. The van der Waals surface area contributed by atoms with Crippen LogP contribution in [-0.4, -0.2) is 11.0 Å². The molecule has 1 amide bonds. The second kappa shape index (κ2) is 9.97. The van der Waals surface area contributed by atoms with E-state index in [0.29, 0.717) is 29.0 Å². The van der Waals surface area contributed by atoms with E-state index in [0.717, 1.165) is 0 Å². The third kappa shape index (κ3) is 7.55. The third-order valence-corrected chi connectivity index (χ3v) is 4.70. The first-order chi connectivity index (χ1) is 15.2. The maximum Gasteiger partial charge on any atom is 0.416 e. The quantitative estimate of drug-likeness (QED) is 0.208. The fraction of sp³-hybridized carbons (Fsp3) is 0.208. The van der Waals surface area contributed by atoms with Crippen molar-refractivity contribution in [3.8, 4) is 5.75 Å². The Morgan fingerprint density at radius 1 is 0.848 bits per heavy atom. The molecule has 0 saturated carbocycles. The Kier molecular flexibility index (Phi) is 7.79. The van der Waals surface area contributed by atoms with E-state index in [9.17, 15) is 36.2 Å². The highest BCUT2D eigenvalue weighted by Crippen LogP contribution is 2.38. The number of benzene rings is 2. The number of amides is 1. The Morgan fingerprint density at radius 2 is 1.36 bits per heavy atom. The van der Waals surface area contributed by atoms with Crippen LogP contribution in [0.2, 0.25) is 0 Å². The summed E-state index contributed by atoms with van der Waals surface area (Å²) in [4.78, 5) is 12.1. The second-order valence-electron chi connectivity index (χ2n) is 7.36. The van der Waals surface area contributed by atoms with Gasteiger partial charge in [0, 0.05) is 11.8 Å². The molecule has 0 aliphatic rings. The lowest BCUT2D eigenvalue weighted by atomic mass is 9.96. The summed E-state index contributed by atoms with van der Waals surface area (Å²) >= 11 is 0. The van der Waals surface area contributed by atoms with E-state index in [-0.39, 0.29) is 23.0 Å². The normalized spacial score (nSPS) is 13.8. The molecule has 0 unspecified atom stereocenters. The van der Waals surface area contributed by atoms with Gasteiger partial charge in [-0.2, -0.15) is 26.3 Å². The van der Waals surface area contributed by atoms with Crippen LogP contribution in [0.15, 0.2) is 71.8 Å². The number of alkyl halides is 6. The van der Waals surface area contributed by atoms with Gasteiger partial charge in [-0.3, -0.25) is 4.79 Å². The van der Waals surface area contributed by atoms with E-state index in [2.05, 4.69) is 5.32 Å². The molecule has 0 atom stereocenters.